The van der Waals surface area contributed by atoms with Gasteiger partial charge < -0.3 is 9.47 Å². The fourth-order valence-corrected chi connectivity index (χ4v) is 4.14. The molecule has 128 valence electrons. The van der Waals surface area contributed by atoms with Gasteiger partial charge in [-0.3, -0.25) is 0 Å². The summed E-state index contributed by atoms with van der Waals surface area (Å²) in [6.45, 7) is 2.74. The van der Waals surface area contributed by atoms with Crippen LogP contribution in [0.4, 0.5) is 10.2 Å². The van der Waals surface area contributed by atoms with Crippen LogP contribution in [0.1, 0.15) is 61.6 Å². The smallest absolute Gasteiger partial charge is 0.187 e. The van der Waals surface area contributed by atoms with Crippen LogP contribution in [0.25, 0.3) is 0 Å². The Kier molecular flexibility index (Phi) is 3.98. The Morgan fingerprint density at radius 3 is 2.83 bits per heavy atom. The summed E-state index contributed by atoms with van der Waals surface area (Å²) in [7, 11) is 2.11. The molecule has 0 saturated carbocycles. The van der Waals surface area contributed by atoms with Gasteiger partial charge in [0.1, 0.15) is 12.2 Å². The molecule has 0 bridgehead atoms. The van der Waals surface area contributed by atoms with Gasteiger partial charge >= 0.3 is 0 Å². The van der Waals surface area contributed by atoms with Crippen LogP contribution in [0.2, 0.25) is 0 Å². The van der Waals surface area contributed by atoms with Crippen molar-refractivity contribution in [2.45, 2.75) is 57.9 Å². The Morgan fingerprint density at radius 2 is 2.04 bits per heavy atom. The molecular formula is C18H24FN5. The molecule has 0 N–H and O–H groups in total. The second kappa shape index (κ2) is 6.15. The molecule has 4 rings (SSSR count). The van der Waals surface area contributed by atoms with E-state index in [9.17, 15) is 4.39 Å². The van der Waals surface area contributed by atoms with Gasteiger partial charge in [0, 0.05) is 19.3 Å². The highest BCUT2D eigenvalue weighted by Gasteiger charge is 2.34. The van der Waals surface area contributed by atoms with Crippen LogP contribution in [-0.2, 0) is 26.3 Å². The molecule has 1 saturated heterocycles. The number of imidazole rings is 1. The van der Waals surface area contributed by atoms with Gasteiger partial charge in [-0.05, 0) is 44.9 Å². The van der Waals surface area contributed by atoms with Crippen LogP contribution in [0.5, 0.6) is 0 Å². The lowest BCUT2D eigenvalue weighted by Crippen LogP contribution is -2.27. The van der Waals surface area contributed by atoms with E-state index < -0.39 is 0 Å². The van der Waals surface area contributed by atoms with E-state index in [2.05, 4.69) is 26.5 Å². The predicted octanol–water partition coefficient (Wildman–Crippen LogP) is 3.13. The highest BCUT2D eigenvalue weighted by atomic mass is 19.1. The third-order valence-electron chi connectivity index (χ3n) is 5.41. The van der Waals surface area contributed by atoms with E-state index in [1.807, 2.05) is 6.92 Å². The SMILES string of the molecule is CCc1ncnc(N2CCC[C@@H]2c2nc3c(n2C)CCCC3)c1F. The third-order valence-corrected chi connectivity index (χ3v) is 5.41. The Balaban J connectivity index is 1.73. The van der Waals surface area contributed by atoms with Gasteiger partial charge in [0.05, 0.1) is 17.4 Å². The minimum Gasteiger partial charge on any atom is -0.344 e. The maximum Gasteiger partial charge on any atom is 0.187 e. The molecule has 2 aromatic rings. The molecule has 1 atom stereocenters. The normalized spacial score (nSPS) is 20.5. The molecule has 0 unspecified atom stereocenters. The molecule has 1 fully saturated rings. The molecule has 1 aliphatic heterocycles. The van der Waals surface area contributed by atoms with Crippen molar-refractivity contribution in [2.75, 3.05) is 11.4 Å². The number of aryl methyl sites for hydroxylation is 2. The van der Waals surface area contributed by atoms with E-state index in [4.69, 9.17) is 4.98 Å². The number of anilines is 1. The lowest BCUT2D eigenvalue weighted by Gasteiger charge is -2.26. The van der Waals surface area contributed by atoms with Crippen molar-refractivity contribution in [3.05, 3.63) is 35.1 Å². The molecule has 0 spiro atoms. The van der Waals surface area contributed by atoms with Gasteiger partial charge in [0.15, 0.2) is 11.6 Å². The van der Waals surface area contributed by atoms with Crippen molar-refractivity contribution in [3.8, 4) is 0 Å². The third kappa shape index (κ3) is 2.39. The molecule has 2 aliphatic rings. The minimum absolute atomic E-state index is 0.106. The standard InChI is InChI=1S/C18H24FN5/c1-3-12-16(19)18(21-11-20-12)24-10-6-9-15(24)17-22-13-7-4-5-8-14(13)23(17)2/h11,15H,3-10H2,1-2H3/t15-/m1/s1. The quantitative estimate of drug-likeness (QED) is 0.868. The highest BCUT2D eigenvalue weighted by molar-refractivity contribution is 5.45. The van der Waals surface area contributed by atoms with E-state index in [-0.39, 0.29) is 11.9 Å². The summed E-state index contributed by atoms with van der Waals surface area (Å²) in [4.78, 5) is 15.3. The second-order valence-corrected chi connectivity index (χ2v) is 6.79. The van der Waals surface area contributed by atoms with Crippen molar-refractivity contribution in [1.82, 2.24) is 19.5 Å². The molecule has 0 aromatic carbocycles. The molecule has 1 aliphatic carbocycles. The molecule has 0 amide bonds. The first-order chi connectivity index (χ1) is 11.7. The van der Waals surface area contributed by atoms with Gasteiger partial charge in [-0.25, -0.2) is 19.3 Å². The fourth-order valence-electron chi connectivity index (χ4n) is 4.14. The zero-order valence-corrected chi connectivity index (χ0v) is 14.4. The van der Waals surface area contributed by atoms with Gasteiger partial charge in [-0.1, -0.05) is 6.92 Å². The van der Waals surface area contributed by atoms with Crippen LogP contribution in [0.3, 0.4) is 0 Å². The van der Waals surface area contributed by atoms with Crippen LogP contribution in [0.15, 0.2) is 6.33 Å². The van der Waals surface area contributed by atoms with E-state index in [1.165, 1.54) is 30.6 Å². The van der Waals surface area contributed by atoms with Crippen LogP contribution in [-0.4, -0.2) is 26.1 Å². The summed E-state index contributed by atoms with van der Waals surface area (Å²) in [5.74, 6) is 1.23. The van der Waals surface area contributed by atoms with E-state index in [1.54, 1.807) is 0 Å². The number of hydrogen-bond donors (Lipinski definition) is 0. The lowest BCUT2D eigenvalue weighted by atomic mass is 10.0. The van der Waals surface area contributed by atoms with Gasteiger partial charge in [-0.15, -0.1) is 0 Å². The summed E-state index contributed by atoms with van der Waals surface area (Å²) < 4.78 is 17.0. The van der Waals surface area contributed by atoms with Crippen molar-refractivity contribution in [3.63, 3.8) is 0 Å². The van der Waals surface area contributed by atoms with Crippen molar-refractivity contribution in [2.24, 2.45) is 7.05 Å². The van der Waals surface area contributed by atoms with Gasteiger partial charge in [0.25, 0.3) is 0 Å². The summed E-state index contributed by atoms with van der Waals surface area (Å²) >= 11 is 0. The Hall–Kier alpha value is -1.98. The Morgan fingerprint density at radius 1 is 1.21 bits per heavy atom. The monoisotopic (exact) mass is 329 g/mol. The number of fused-ring (bicyclic) bond motifs is 1. The molecule has 24 heavy (non-hydrogen) atoms. The average molecular weight is 329 g/mol. The van der Waals surface area contributed by atoms with E-state index in [0.717, 1.165) is 38.1 Å². The Labute approximate surface area is 141 Å². The molecule has 2 aromatic heterocycles. The summed E-state index contributed by atoms with van der Waals surface area (Å²) in [5, 5.41) is 0. The van der Waals surface area contributed by atoms with Crippen LogP contribution in [0, 0.1) is 5.82 Å². The molecule has 3 heterocycles. The number of aromatic nitrogens is 4. The minimum atomic E-state index is -0.272. The summed E-state index contributed by atoms with van der Waals surface area (Å²) in [6.07, 6.45) is 8.72. The number of rotatable bonds is 3. The predicted molar refractivity (Wildman–Crippen MR) is 90.5 cm³/mol. The van der Waals surface area contributed by atoms with Gasteiger partial charge in [-0.2, -0.15) is 0 Å². The van der Waals surface area contributed by atoms with Crippen LogP contribution >= 0.6 is 0 Å². The zero-order chi connectivity index (χ0) is 16.7. The Bertz CT molecular complexity index is 754. The summed E-state index contributed by atoms with van der Waals surface area (Å²) in [5.41, 5.74) is 3.09. The fraction of sp³-hybridized carbons (Fsp3) is 0.611. The number of halogens is 1. The first-order valence-electron chi connectivity index (χ1n) is 9.01. The lowest BCUT2D eigenvalue weighted by molar-refractivity contribution is 0.564. The summed E-state index contributed by atoms with van der Waals surface area (Å²) in [6, 6.07) is 0.106. The van der Waals surface area contributed by atoms with E-state index in [0.29, 0.717) is 17.9 Å². The highest BCUT2D eigenvalue weighted by Crippen LogP contribution is 2.37. The molecule has 0 radical (unpaired) electrons. The topological polar surface area (TPSA) is 46.8 Å². The first-order valence-corrected chi connectivity index (χ1v) is 9.01. The number of nitrogens with zero attached hydrogens (tertiary/aromatic N) is 5. The van der Waals surface area contributed by atoms with Crippen molar-refractivity contribution in [1.29, 1.82) is 0 Å². The molecule has 5 nitrogen and oxygen atoms in total. The average Bonchev–Trinajstić information content (AvgIpc) is 3.20. The van der Waals surface area contributed by atoms with Gasteiger partial charge in [0.2, 0.25) is 0 Å². The molecule has 6 heteroatoms. The number of hydrogen-bond acceptors (Lipinski definition) is 4. The maximum absolute atomic E-state index is 14.7. The first kappa shape index (κ1) is 15.5. The second-order valence-electron chi connectivity index (χ2n) is 6.79. The van der Waals surface area contributed by atoms with Crippen molar-refractivity contribution >= 4 is 5.82 Å². The largest absolute Gasteiger partial charge is 0.344 e. The zero-order valence-electron chi connectivity index (χ0n) is 14.4. The van der Waals surface area contributed by atoms with Crippen molar-refractivity contribution < 1.29 is 4.39 Å². The van der Waals surface area contributed by atoms with Crippen LogP contribution < -0.4 is 4.90 Å². The van der Waals surface area contributed by atoms with E-state index >= 15 is 0 Å². The molecular weight excluding hydrogens is 305 g/mol. The maximum atomic E-state index is 14.7.